The molecule has 1 amide bonds. The molecule has 116 valence electrons. The van der Waals surface area contributed by atoms with Crippen LogP contribution in [0.4, 0.5) is 5.82 Å². The zero-order chi connectivity index (χ0) is 15.5. The van der Waals surface area contributed by atoms with Crippen LogP contribution in [0.3, 0.4) is 0 Å². The maximum Gasteiger partial charge on any atom is 0.229 e. The van der Waals surface area contributed by atoms with Gasteiger partial charge in [-0.15, -0.1) is 0 Å². The van der Waals surface area contributed by atoms with E-state index in [1.807, 2.05) is 0 Å². The van der Waals surface area contributed by atoms with Crippen molar-refractivity contribution in [3.05, 3.63) is 46.1 Å². The lowest BCUT2D eigenvalue weighted by atomic mass is 10.1. The number of anilines is 1. The molecular weight excluding hydrogens is 323 g/mol. The monoisotopic (exact) mass is 338 g/mol. The van der Waals surface area contributed by atoms with E-state index in [4.69, 9.17) is 23.2 Å². The molecule has 1 unspecified atom stereocenters. The normalized spacial score (nSPS) is 17.6. The number of nitrogens with one attached hydrogen (secondary N) is 2. The Kier molecular flexibility index (Phi) is 4.66. The molecule has 1 fully saturated rings. The highest BCUT2D eigenvalue weighted by atomic mass is 35.5. The van der Waals surface area contributed by atoms with Gasteiger partial charge in [-0.05, 0) is 25.1 Å². The van der Waals surface area contributed by atoms with Gasteiger partial charge in [-0.3, -0.25) is 4.79 Å². The molecule has 1 aliphatic rings. The number of aromatic nitrogens is 2. The van der Waals surface area contributed by atoms with Gasteiger partial charge < -0.3 is 10.6 Å². The van der Waals surface area contributed by atoms with E-state index >= 15 is 0 Å². The van der Waals surface area contributed by atoms with Gasteiger partial charge in [0.05, 0.1) is 18.7 Å². The van der Waals surface area contributed by atoms with E-state index in [1.165, 1.54) is 0 Å². The van der Waals surface area contributed by atoms with Crippen molar-refractivity contribution in [1.29, 1.82) is 0 Å². The number of halogens is 2. The fourth-order valence-electron chi connectivity index (χ4n) is 2.50. The van der Waals surface area contributed by atoms with Crippen LogP contribution in [0, 0.1) is 5.92 Å². The molecule has 7 heteroatoms. The number of carbonyl (C=O) groups excluding carboxylic acids is 1. The molecule has 0 bridgehead atoms. The van der Waals surface area contributed by atoms with Crippen LogP contribution >= 0.6 is 23.2 Å². The van der Waals surface area contributed by atoms with Crippen molar-refractivity contribution in [3.63, 3.8) is 0 Å². The number of amides is 1. The number of rotatable bonds is 4. The molecule has 1 atom stereocenters. The van der Waals surface area contributed by atoms with Gasteiger partial charge in [0.25, 0.3) is 0 Å². The van der Waals surface area contributed by atoms with Crippen molar-refractivity contribution in [2.24, 2.45) is 5.92 Å². The van der Waals surface area contributed by atoms with Gasteiger partial charge in [0.15, 0.2) is 0 Å². The predicted molar refractivity (Wildman–Crippen MR) is 87.4 cm³/mol. The van der Waals surface area contributed by atoms with Gasteiger partial charge in [-0.2, -0.15) is 5.10 Å². The maximum atomic E-state index is 12.2. The Hall–Kier alpha value is -1.56. The molecule has 0 saturated carbocycles. The Morgan fingerprint density at radius 3 is 2.82 bits per heavy atom. The second-order valence-corrected chi connectivity index (χ2v) is 6.07. The first-order valence-electron chi connectivity index (χ1n) is 7.11. The van der Waals surface area contributed by atoms with Gasteiger partial charge in [-0.1, -0.05) is 29.3 Å². The molecule has 1 saturated heterocycles. The predicted octanol–water partition coefficient (Wildman–Crippen LogP) is 2.79. The fourth-order valence-corrected chi connectivity index (χ4v) is 3.02. The maximum absolute atomic E-state index is 12.2. The molecule has 2 aromatic rings. The minimum atomic E-state index is 0.00671. The third-order valence-corrected chi connectivity index (χ3v) is 4.48. The summed E-state index contributed by atoms with van der Waals surface area (Å²) in [6, 6.07) is 7.14. The first kappa shape index (κ1) is 15.3. The standard InChI is InChI=1S/C15H16Cl2N4O/c16-12-2-1-3-13(17)11(12)9-21-14(5-7-19-21)20-15(22)10-4-6-18-8-10/h1-3,5,7,10,18H,4,6,8-9H2,(H,20,22). The van der Waals surface area contributed by atoms with Gasteiger partial charge in [0, 0.05) is 28.2 Å². The van der Waals surface area contributed by atoms with E-state index in [1.54, 1.807) is 35.1 Å². The Labute approximate surface area is 138 Å². The van der Waals surface area contributed by atoms with E-state index in [-0.39, 0.29) is 11.8 Å². The third kappa shape index (κ3) is 3.27. The fraction of sp³-hybridized carbons (Fsp3) is 0.333. The molecule has 1 aromatic carbocycles. The molecule has 0 aliphatic carbocycles. The number of benzene rings is 1. The second-order valence-electron chi connectivity index (χ2n) is 5.25. The molecule has 2 N–H and O–H groups in total. The van der Waals surface area contributed by atoms with Crippen molar-refractivity contribution in [1.82, 2.24) is 15.1 Å². The first-order chi connectivity index (χ1) is 10.6. The molecule has 22 heavy (non-hydrogen) atoms. The van der Waals surface area contributed by atoms with Crippen molar-refractivity contribution in [2.75, 3.05) is 18.4 Å². The summed E-state index contributed by atoms with van der Waals surface area (Å²) in [5, 5.41) is 11.5. The summed E-state index contributed by atoms with van der Waals surface area (Å²) in [5.41, 5.74) is 0.785. The number of nitrogens with zero attached hydrogens (tertiary/aromatic N) is 2. The summed E-state index contributed by atoms with van der Waals surface area (Å²) in [6.45, 7) is 2.01. The molecule has 1 aliphatic heterocycles. The van der Waals surface area contributed by atoms with E-state index in [0.29, 0.717) is 22.4 Å². The molecule has 1 aromatic heterocycles. The highest BCUT2D eigenvalue weighted by Gasteiger charge is 2.23. The smallest absolute Gasteiger partial charge is 0.229 e. The third-order valence-electron chi connectivity index (χ3n) is 3.77. The largest absolute Gasteiger partial charge is 0.316 e. The van der Waals surface area contributed by atoms with Crippen LogP contribution in [0.2, 0.25) is 10.0 Å². The van der Waals surface area contributed by atoms with Gasteiger partial charge in [-0.25, -0.2) is 4.68 Å². The van der Waals surface area contributed by atoms with Gasteiger partial charge in [0.2, 0.25) is 5.91 Å². The van der Waals surface area contributed by atoms with Crippen LogP contribution in [0.25, 0.3) is 0 Å². The van der Waals surface area contributed by atoms with Gasteiger partial charge in [0.1, 0.15) is 5.82 Å². The summed E-state index contributed by atoms with van der Waals surface area (Å²) in [4.78, 5) is 12.2. The first-order valence-corrected chi connectivity index (χ1v) is 7.87. The van der Waals surface area contributed by atoms with Crippen LogP contribution in [0.1, 0.15) is 12.0 Å². The number of hydrogen-bond acceptors (Lipinski definition) is 3. The van der Waals surface area contributed by atoms with Crippen LogP contribution in [-0.2, 0) is 11.3 Å². The van der Waals surface area contributed by atoms with E-state index in [0.717, 1.165) is 25.1 Å². The number of carbonyl (C=O) groups is 1. The molecule has 5 nitrogen and oxygen atoms in total. The average molecular weight is 339 g/mol. The minimum absolute atomic E-state index is 0.00671. The average Bonchev–Trinajstić information content (AvgIpc) is 3.15. The van der Waals surface area contributed by atoms with E-state index in [9.17, 15) is 4.79 Å². The minimum Gasteiger partial charge on any atom is -0.316 e. The SMILES string of the molecule is O=C(Nc1ccnn1Cc1c(Cl)cccc1Cl)C1CCNC1. The topological polar surface area (TPSA) is 59.0 Å². The lowest BCUT2D eigenvalue weighted by Crippen LogP contribution is -2.26. The highest BCUT2D eigenvalue weighted by Crippen LogP contribution is 2.26. The summed E-state index contributed by atoms with van der Waals surface area (Å²) >= 11 is 12.4. The summed E-state index contributed by atoms with van der Waals surface area (Å²) in [5.74, 6) is 0.664. The van der Waals surface area contributed by atoms with Crippen LogP contribution in [0.5, 0.6) is 0 Å². The molecule has 0 radical (unpaired) electrons. The summed E-state index contributed by atoms with van der Waals surface area (Å²) < 4.78 is 1.69. The lowest BCUT2D eigenvalue weighted by Gasteiger charge is -2.13. The molecule has 2 heterocycles. The highest BCUT2D eigenvalue weighted by molar-refractivity contribution is 6.35. The van der Waals surface area contributed by atoms with Crippen LogP contribution < -0.4 is 10.6 Å². The van der Waals surface area contributed by atoms with Crippen molar-refractivity contribution in [3.8, 4) is 0 Å². The lowest BCUT2D eigenvalue weighted by molar-refractivity contribution is -0.119. The molecule has 3 rings (SSSR count). The van der Waals surface area contributed by atoms with Crippen molar-refractivity contribution in [2.45, 2.75) is 13.0 Å². The van der Waals surface area contributed by atoms with E-state index < -0.39 is 0 Å². The zero-order valence-corrected chi connectivity index (χ0v) is 13.4. The Morgan fingerprint density at radius 2 is 2.14 bits per heavy atom. The van der Waals surface area contributed by atoms with Crippen LogP contribution in [0.15, 0.2) is 30.5 Å². The van der Waals surface area contributed by atoms with Gasteiger partial charge >= 0.3 is 0 Å². The summed E-state index contributed by atoms with van der Waals surface area (Å²) in [7, 11) is 0. The van der Waals surface area contributed by atoms with Crippen molar-refractivity contribution >= 4 is 34.9 Å². The Bertz CT molecular complexity index is 660. The second kappa shape index (κ2) is 6.69. The molecule has 0 spiro atoms. The number of hydrogen-bond donors (Lipinski definition) is 2. The molecular formula is C15H16Cl2N4O. The van der Waals surface area contributed by atoms with Crippen LogP contribution in [-0.4, -0.2) is 28.8 Å². The summed E-state index contributed by atoms with van der Waals surface area (Å²) in [6.07, 6.45) is 2.50. The van der Waals surface area contributed by atoms with E-state index in [2.05, 4.69) is 15.7 Å². The quantitative estimate of drug-likeness (QED) is 0.901. The van der Waals surface area contributed by atoms with Crippen molar-refractivity contribution < 1.29 is 4.79 Å². The Morgan fingerprint density at radius 1 is 1.36 bits per heavy atom. The Balaban J connectivity index is 1.76. The zero-order valence-electron chi connectivity index (χ0n) is 11.9.